The number of ether oxygens (including phenoxy) is 2. The fourth-order valence-electron chi connectivity index (χ4n) is 3.84. The number of anilines is 1. The first-order valence-corrected chi connectivity index (χ1v) is 10.6. The molecule has 2 fully saturated rings. The van der Waals surface area contributed by atoms with Gasteiger partial charge in [-0.2, -0.15) is 0 Å². The Morgan fingerprint density at radius 1 is 1.27 bits per heavy atom. The highest BCUT2D eigenvalue weighted by molar-refractivity contribution is 14.0. The van der Waals surface area contributed by atoms with Crippen molar-refractivity contribution in [3.8, 4) is 0 Å². The fourth-order valence-corrected chi connectivity index (χ4v) is 3.84. The van der Waals surface area contributed by atoms with Crippen LogP contribution in [0.15, 0.2) is 29.3 Å². The molecule has 0 bridgehead atoms. The number of halogens is 1. The van der Waals surface area contributed by atoms with E-state index in [0.29, 0.717) is 25.5 Å². The number of hydrogen-bond donors (Lipinski definition) is 2. The maximum atomic E-state index is 12.0. The smallest absolute Gasteiger partial charge is 0.224 e. The van der Waals surface area contributed by atoms with Crippen molar-refractivity contribution in [1.29, 1.82) is 0 Å². The Bertz CT molecular complexity index is 707. The van der Waals surface area contributed by atoms with E-state index >= 15 is 0 Å². The maximum absolute atomic E-state index is 12.0. The van der Waals surface area contributed by atoms with Gasteiger partial charge in [-0.1, -0.05) is 26.0 Å². The Morgan fingerprint density at radius 2 is 2.07 bits per heavy atom. The zero-order chi connectivity index (χ0) is 20.6. The van der Waals surface area contributed by atoms with Crippen LogP contribution in [0.4, 0.5) is 5.69 Å². The van der Waals surface area contributed by atoms with Crippen molar-refractivity contribution in [2.24, 2.45) is 10.9 Å². The molecule has 30 heavy (non-hydrogen) atoms. The molecule has 1 amide bonds. The van der Waals surface area contributed by atoms with E-state index in [0.717, 1.165) is 49.7 Å². The van der Waals surface area contributed by atoms with E-state index < -0.39 is 0 Å². The van der Waals surface area contributed by atoms with Crippen LogP contribution < -0.4 is 10.6 Å². The van der Waals surface area contributed by atoms with Crippen LogP contribution in [0, 0.1) is 5.92 Å². The molecule has 1 aromatic carbocycles. The van der Waals surface area contributed by atoms with E-state index in [9.17, 15) is 4.79 Å². The average Bonchev–Trinajstić information content (AvgIpc) is 3.23. The van der Waals surface area contributed by atoms with Crippen molar-refractivity contribution < 1.29 is 14.3 Å². The lowest BCUT2D eigenvalue weighted by Crippen LogP contribution is -2.53. The van der Waals surface area contributed by atoms with Crippen molar-refractivity contribution in [2.45, 2.75) is 51.9 Å². The Morgan fingerprint density at radius 3 is 2.77 bits per heavy atom. The first kappa shape index (κ1) is 24.9. The van der Waals surface area contributed by atoms with Gasteiger partial charge in [0.05, 0.1) is 12.7 Å². The van der Waals surface area contributed by atoms with E-state index in [1.807, 2.05) is 38.1 Å². The van der Waals surface area contributed by atoms with Gasteiger partial charge in [0.15, 0.2) is 5.96 Å². The predicted octanol–water partition coefficient (Wildman–Crippen LogP) is 3.24. The SMILES string of the molecule is CN=C(NCc1cccc(NC(=O)CC(C)C)c1)N1CCOC(C2CCCO2)C1.I. The van der Waals surface area contributed by atoms with Gasteiger partial charge in [-0.15, -0.1) is 24.0 Å². The zero-order valence-corrected chi connectivity index (χ0v) is 20.6. The number of nitrogens with zero attached hydrogens (tertiary/aromatic N) is 2. The minimum Gasteiger partial charge on any atom is -0.375 e. The van der Waals surface area contributed by atoms with Gasteiger partial charge in [-0.25, -0.2) is 0 Å². The number of benzene rings is 1. The number of carbonyl (C=O) groups is 1. The van der Waals surface area contributed by atoms with Crippen molar-refractivity contribution >= 4 is 41.5 Å². The second kappa shape index (κ2) is 12.5. The van der Waals surface area contributed by atoms with Crippen molar-refractivity contribution in [3.63, 3.8) is 0 Å². The maximum Gasteiger partial charge on any atom is 0.224 e. The summed E-state index contributed by atoms with van der Waals surface area (Å²) in [6.07, 6.45) is 3.01. The van der Waals surface area contributed by atoms with Gasteiger partial charge >= 0.3 is 0 Å². The van der Waals surface area contributed by atoms with E-state index in [2.05, 4.69) is 20.5 Å². The number of amides is 1. The summed E-state index contributed by atoms with van der Waals surface area (Å²) >= 11 is 0. The molecule has 8 heteroatoms. The number of aliphatic imine (C=N–C) groups is 1. The van der Waals surface area contributed by atoms with Crippen LogP contribution in [0.5, 0.6) is 0 Å². The van der Waals surface area contributed by atoms with Gasteiger partial charge in [0, 0.05) is 45.4 Å². The number of carbonyl (C=O) groups excluding carboxylic acids is 1. The summed E-state index contributed by atoms with van der Waals surface area (Å²) in [5.74, 6) is 1.26. The van der Waals surface area contributed by atoms with E-state index in [1.165, 1.54) is 0 Å². The monoisotopic (exact) mass is 530 g/mol. The lowest BCUT2D eigenvalue weighted by atomic mass is 10.1. The van der Waals surface area contributed by atoms with Crippen molar-refractivity contribution in [3.05, 3.63) is 29.8 Å². The molecule has 2 unspecified atom stereocenters. The molecule has 0 spiro atoms. The Kier molecular flexibility index (Phi) is 10.3. The quantitative estimate of drug-likeness (QED) is 0.336. The van der Waals surface area contributed by atoms with E-state index in [-0.39, 0.29) is 42.1 Å². The fraction of sp³-hybridized carbons (Fsp3) is 0.636. The minimum atomic E-state index is 0. The Balaban J connectivity index is 0.00000320. The van der Waals surface area contributed by atoms with Gasteiger partial charge in [-0.05, 0) is 36.5 Å². The number of guanidine groups is 1. The van der Waals surface area contributed by atoms with Crippen LogP contribution in [0.3, 0.4) is 0 Å². The van der Waals surface area contributed by atoms with Gasteiger partial charge in [0.1, 0.15) is 6.10 Å². The Hall–Kier alpha value is -1.39. The molecule has 2 aliphatic heterocycles. The first-order valence-electron chi connectivity index (χ1n) is 10.6. The molecule has 2 atom stereocenters. The normalized spacial score (nSPS) is 22.0. The molecule has 2 aliphatic rings. The standard InChI is InChI=1S/C22H34N4O3.HI/c1-16(2)12-21(27)25-18-7-4-6-17(13-18)14-24-22(23-3)26-9-11-29-20(15-26)19-8-5-10-28-19;/h4,6-7,13,16,19-20H,5,8-12,14-15H2,1-3H3,(H,23,24)(H,25,27);1H. The van der Waals surface area contributed by atoms with Gasteiger partial charge in [-0.3, -0.25) is 9.79 Å². The summed E-state index contributed by atoms with van der Waals surface area (Å²) in [6.45, 7) is 7.84. The zero-order valence-electron chi connectivity index (χ0n) is 18.2. The summed E-state index contributed by atoms with van der Waals surface area (Å²) in [7, 11) is 1.81. The molecule has 2 saturated heterocycles. The van der Waals surface area contributed by atoms with Crippen LogP contribution in [-0.4, -0.2) is 62.3 Å². The molecule has 0 aromatic heterocycles. The first-order chi connectivity index (χ1) is 14.0. The van der Waals surface area contributed by atoms with Crippen LogP contribution in [0.25, 0.3) is 0 Å². The molecule has 7 nitrogen and oxygen atoms in total. The van der Waals surface area contributed by atoms with Crippen LogP contribution >= 0.6 is 24.0 Å². The van der Waals surface area contributed by atoms with Crippen LogP contribution in [-0.2, 0) is 20.8 Å². The molecule has 1 aromatic rings. The average molecular weight is 530 g/mol. The number of hydrogen-bond acceptors (Lipinski definition) is 4. The summed E-state index contributed by atoms with van der Waals surface area (Å²) < 4.78 is 11.7. The van der Waals surface area contributed by atoms with Crippen LogP contribution in [0.1, 0.15) is 38.7 Å². The van der Waals surface area contributed by atoms with Gasteiger partial charge < -0.3 is 25.0 Å². The summed E-state index contributed by atoms with van der Waals surface area (Å²) in [6, 6.07) is 7.94. The third-order valence-electron chi connectivity index (χ3n) is 5.24. The summed E-state index contributed by atoms with van der Waals surface area (Å²) in [4.78, 5) is 18.7. The van der Waals surface area contributed by atoms with Gasteiger partial charge in [0.2, 0.25) is 5.91 Å². The molecule has 0 aliphatic carbocycles. The molecule has 168 valence electrons. The predicted molar refractivity (Wildman–Crippen MR) is 130 cm³/mol. The number of morpholine rings is 1. The molecule has 0 radical (unpaired) electrons. The minimum absolute atomic E-state index is 0. The van der Waals surface area contributed by atoms with E-state index in [1.54, 1.807) is 7.05 Å². The van der Waals surface area contributed by atoms with Gasteiger partial charge in [0.25, 0.3) is 0 Å². The summed E-state index contributed by atoms with van der Waals surface area (Å²) in [5, 5.41) is 6.42. The largest absolute Gasteiger partial charge is 0.375 e. The van der Waals surface area contributed by atoms with Crippen molar-refractivity contribution in [1.82, 2.24) is 10.2 Å². The lowest BCUT2D eigenvalue weighted by molar-refractivity contribution is -0.116. The molecule has 2 N–H and O–H groups in total. The Labute approximate surface area is 197 Å². The second-order valence-corrected chi connectivity index (χ2v) is 8.15. The lowest BCUT2D eigenvalue weighted by Gasteiger charge is -2.37. The highest BCUT2D eigenvalue weighted by atomic mass is 127. The van der Waals surface area contributed by atoms with Crippen LogP contribution in [0.2, 0.25) is 0 Å². The van der Waals surface area contributed by atoms with E-state index in [4.69, 9.17) is 9.47 Å². The number of nitrogens with one attached hydrogen (secondary N) is 2. The topological polar surface area (TPSA) is 75.2 Å². The number of rotatable bonds is 6. The highest BCUT2D eigenvalue weighted by Crippen LogP contribution is 2.21. The molecular formula is C22H35IN4O3. The van der Waals surface area contributed by atoms with Crippen molar-refractivity contribution in [2.75, 3.05) is 38.7 Å². The summed E-state index contributed by atoms with van der Waals surface area (Å²) in [5.41, 5.74) is 1.92. The molecule has 3 rings (SSSR count). The third-order valence-corrected chi connectivity index (χ3v) is 5.24. The second-order valence-electron chi connectivity index (χ2n) is 8.15. The highest BCUT2D eigenvalue weighted by Gasteiger charge is 2.32. The molecular weight excluding hydrogens is 495 g/mol. The molecule has 2 heterocycles. The molecule has 0 saturated carbocycles. The third kappa shape index (κ3) is 7.39.